The minimum atomic E-state index is 0.0106. The van der Waals surface area contributed by atoms with Gasteiger partial charge in [-0.25, -0.2) is 0 Å². The molecular weight excluding hydrogens is 250 g/mol. The molecule has 2 aromatic carbocycles. The SMILES string of the molecule is COc1ccc(C(=O)c2ccccc2)c(NC(C)C)c1. The van der Waals surface area contributed by atoms with Crippen molar-refractivity contribution < 1.29 is 9.53 Å². The number of ether oxygens (including phenoxy) is 1. The molecule has 0 saturated carbocycles. The standard InChI is InChI=1S/C17H19NO2/c1-12(2)18-16-11-14(20-3)9-10-15(16)17(19)13-7-5-4-6-8-13/h4-12,18H,1-3H3. The van der Waals surface area contributed by atoms with Crippen molar-refractivity contribution in [2.45, 2.75) is 19.9 Å². The van der Waals surface area contributed by atoms with Crippen molar-refractivity contribution in [3.63, 3.8) is 0 Å². The predicted octanol–water partition coefficient (Wildman–Crippen LogP) is 3.75. The van der Waals surface area contributed by atoms with Gasteiger partial charge < -0.3 is 10.1 Å². The number of hydrogen-bond donors (Lipinski definition) is 1. The van der Waals surface area contributed by atoms with Gasteiger partial charge in [0.05, 0.1) is 7.11 Å². The summed E-state index contributed by atoms with van der Waals surface area (Å²) in [5.41, 5.74) is 2.14. The van der Waals surface area contributed by atoms with Crippen molar-refractivity contribution in [3.05, 3.63) is 59.7 Å². The molecule has 20 heavy (non-hydrogen) atoms. The fourth-order valence-electron chi connectivity index (χ4n) is 2.02. The van der Waals surface area contributed by atoms with E-state index in [4.69, 9.17) is 4.74 Å². The Bertz CT molecular complexity index is 591. The number of benzene rings is 2. The van der Waals surface area contributed by atoms with Crippen molar-refractivity contribution in [3.8, 4) is 5.75 Å². The van der Waals surface area contributed by atoms with Gasteiger partial charge in [-0.3, -0.25) is 4.79 Å². The molecule has 0 amide bonds. The second kappa shape index (κ2) is 6.24. The van der Waals surface area contributed by atoms with Crippen LogP contribution in [0.4, 0.5) is 5.69 Å². The highest BCUT2D eigenvalue weighted by atomic mass is 16.5. The van der Waals surface area contributed by atoms with Crippen LogP contribution in [-0.4, -0.2) is 18.9 Å². The minimum absolute atomic E-state index is 0.0106. The molecule has 3 heteroatoms. The lowest BCUT2D eigenvalue weighted by Crippen LogP contribution is -2.14. The van der Waals surface area contributed by atoms with Crippen LogP contribution in [0.2, 0.25) is 0 Å². The summed E-state index contributed by atoms with van der Waals surface area (Å²) in [4.78, 5) is 12.6. The van der Waals surface area contributed by atoms with Gasteiger partial charge in [0, 0.05) is 28.9 Å². The highest BCUT2D eigenvalue weighted by Gasteiger charge is 2.14. The maximum atomic E-state index is 12.6. The molecule has 2 rings (SSSR count). The third kappa shape index (κ3) is 3.18. The largest absolute Gasteiger partial charge is 0.497 e. The summed E-state index contributed by atoms with van der Waals surface area (Å²) < 4.78 is 5.23. The van der Waals surface area contributed by atoms with E-state index in [0.717, 1.165) is 11.4 Å². The summed E-state index contributed by atoms with van der Waals surface area (Å²) in [5.74, 6) is 0.745. The Morgan fingerprint density at radius 3 is 2.40 bits per heavy atom. The first-order valence-corrected chi connectivity index (χ1v) is 6.66. The first-order valence-electron chi connectivity index (χ1n) is 6.66. The molecule has 0 aromatic heterocycles. The molecule has 0 unspecified atom stereocenters. The Labute approximate surface area is 119 Å². The molecule has 0 bridgehead atoms. The predicted molar refractivity (Wildman–Crippen MR) is 81.6 cm³/mol. The van der Waals surface area contributed by atoms with Gasteiger partial charge >= 0.3 is 0 Å². The zero-order chi connectivity index (χ0) is 14.5. The smallest absolute Gasteiger partial charge is 0.195 e. The molecule has 0 heterocycles. The fourth-order valence-corrected chi connectivity index (χ4v) is 2.02. The average Bonchev–Trinajstić information content (AvgIpc) is 2.46. The number of anilines is 1. The Kier molecular flexibility index (Phi) is 4.41. The molecule has 0 aliphatic heterocycles. The number of ketones is 1. The number of nitrogens with one attached hydrogen (secondary N) is 1. The minimum Gasteiger partial charge on any atom is -0.497 e. The van der Waals surface area contributed by atoms with Gasteiger partial charge in [-0.15, -0.1) is 0 Å². The molecular formula is C17H19NO2. The van der Waals surface area contributed by atoms with Crippen molar-refractivity contribution in [2.24, 2.45) is 0 Å². The zero-order valence-electron chi connectivity index (χ0n) is 12.0. The Morgan fingerprint density at radius 1 is 1.10 bits per heavy atom. The molecule has 1 N–H and O–H groups in total. The Hall–Kier alpha value is -2.29. The van der Waals surface area contributed by atoms with E-state index in [0.29, 0.717) is 11.1 Å². The molecule has 2 aromatic rings. The molecule has 0 radical (unpaired) electrons. The molecule has 3 nitrogen and oxygen atoms in total. The normalized spacial score (nSPS) is 10.4. The second-order valence-corrected chi connectivity index (χ2v) is 4.91. The second-order valence-electron chi connectivity index (χ2n) is 4.91. The third-order valence-electron chi connectivity index (χ3n) is 2.95. The van der Waals surface area contributed by atoms with E-state index >= 15 is 0 Å². The van der Waals surface area contributed by atoms with Crippen LogP contribution in [0.1, 0.15) is 29.8 Å². The van der Waals surface area contributed by atoms with E-state index < -0.39 is 0 Å². The maximum Gasteiger partial charge on any atom is 0.195 e. The lowest BCUT2D eigenvalue weighted by Gasteiger charge is -2.15. The lowest BCUT2D eigenvalue weighted by atomic mass is 10.0. The van der Waals surface area contributed by atoms with Crippen molar-refractivity contribution >= 4 is 11.5 Å². The fraction of sp³-hybridized carbons (Fsp3) is 0.235. The topological polar surface area (TPSA) is 38.3 Å². The summed E-state index contributed by atoms with van der Waals surface area (Å²) in [6.45, 7) is 4.08. The van der Waals surface area contributed by atoms with Gasteiger partial charge in [0.15, 0.2) is 5.78 Å². The molecule has 0 atom stereocenters. The van der Waals surface area contributed by atoms with Gasteiger partial charge in [0.1, 0.15) is 5.75 Å². The third-order valence-corrected chi connectivity index (χ3v) is 2.95. The van der Waals surface area contributed by atoms with Crippen LogP contribution >= 0.6 is 0 Å². The van der Waals surface area contributed by atoms with Gasteiger partial charge in [-0.2, -0.15) is 0 Å². The Morgan fingerprint density at radius 2 is 1.80 bits per heavy atom. The first-order chi connectivity index (χ1) is 9.61. The van der Waals surface area contributed by atoms with Crippen LogP contribution in [0.25, 0.3) is 0 Å². The van der Waals surface area contributed by atoms with Crippen LogP contribution < -0.4 is 10.1 Å². The van der Waals surface area contributed by atoms with E-state index in [9.17, 15) is 4.79 Å². The number of methoxy groups -OCH3 is 1. The van der Waals surface area contributed by atoms with Gasteiger partial charge in [0.2, 0.25) is 0 Å². The number of hydrogen-bond acceptors (Lipinski definition) is 3. The van der Waals surface area contributed by atoms with Gasteiger partial charge in [0.25, 0.3) is 0 Å². The van der Waals surface area contributed by atoms with E-state index in [1.165, 1.54) is 0 Å². The maximum absolute atomic E-state index is 12.6. The monoisotopic (exact) mass is 269 g/mol. The summed E-state index contributed by atoms with van der Waals surface area (Å²) in [5, 5.41) is 3.30. The van der Waals surface area contributed by atoms with Crippen LogP contribution in [-0.2, 0) is 0 Å². The van der Waals surface area contributed by atoms with Crippen LogP contribution in [0.3, 0.4) is 0 Å². The van der Waals surface area contributed by atoms with E-state index in [1.54, 1.807) is 13.2 Å². The number of rotatable bonds is 5. The van der Waals surface area contributed by atoms with Crippen LogP contribution in [0.5, 0.6) is 5.75 Å². The van der Waals surface area contributed by atoms with Gasteiger partial charge in [-0.1, -0.05) is 30.3 Å². The van der Waals surface area contributed by atoms with Crippen LogP contribution in [0, 0.1) is 0 Å². The summed E-state index contributed by atoms with van der Waals surface area (Å²) in [6, 6.07) is 15.0. The molecule has 0 fully saturated rings. The number of carbonyl (C=O) groups excluding carboxylic acids is 1. The molecule has 0 aliphatic carbocycles. The quantitative estimate of drug-likeness (QED) is 0.840. The first kappa shape index (κ1) is 14.1. The highest BCUT2D eigenvalue weighted by molar-refractivity contribution is 6.12. The van der Waals surface area contributed by atoms with E-state index in [2.05, 4.69) is 5.32 Å². The molecule has 0 aliphatic rings. The zero-order valence-corrected chi connectivity index (χ0v) is 12.0. The van der Waals surface area contributed by atoms with E-state index in [1.807, 2.05) is 56.3 Å². The number of carbonyl (C=O) groups is 1. The van der Waals surface area contributed by atoms with Crippen LogP contribution in [0.15, 0.2) is 48.5 Å². The molecule has 104 valence electrons. The van der Waals surface area contributed by atoms with Gasteiger partial charge in [-0.05, 0) is 26.0 Å². The van der Waals surface area contributed by atoms with Crippen molar-refractivity contribution in [2.75, 3.05) is 12.4 Å². The van der Waals surface area contributed by atoms with Crippen molar-refractivity contribution in [1.82, 2.24) is 0 Å². The molecule has 0 saturated heterocycles. The summed E-state index contributed by atoms with van der Waals surface area (Å²) in [7, 11) is 1.62. The Balaban J connectivity index is 2.42. The summed E-state index contributed by atoms with van der Waals surface area (Å²) >= 11 is 0. The highest BCUT2D eigenvalue weighted by Crippen LogP contribution is 2.25. The molecule has 0 spiro atoms. The lowest BCUT2D eigenvalue weighted by molar-refractivity contribution is 0.103. The average molecular weight is 269 g/mol. The summed E-state index contributed by atoms with van der Waals surface area (Å²) in [6.07, 6.45) is 0. The van der Waals surface area contributed by atoms with E-state index in [-0.39, 0.29) is 11.8 Å². The van der Waals surface area contributed by atoms with Crippen molar-refractivity contribution in [1.29, 1.82) is 0 Å².